The molecule has 0 fully saturated rings. The third kappa shape index (κ3) is 5.41. The van der Waals surface area contributed by atoms with Crippen molar-refractivity contribution in [1.29, 1.82) is 0 Å². The molecule has 0 amide bonds. The molecule has 0 atom stereocenters. The lowest BCUT2D eigenvalue weighted by molar-refractivity contribution is -0.119. The molecule has 0 aliphatic rings. The molecule has 0 saturated heterocycles. The number of likely N-dealkylation sites (N-methyl/N-ethyl adjacent to an activating group) is 1. The number of hydrogen-bond donors (Lipinski definition) is 0. The van der Waals surface area contributed by atoms with Crippen LogP contribution in [0.1, 0.15) is 39.2 Å². The zero-order chi connectivity index (χ0) is 15.0. The van der Waals surface area contributed by atoms with Gasteiger partial charge in [-0.3, -0.25) is 9.69 Å². The van der Waals surface area contributed by atoms with Crippen LogP contribution in [0.4, 0.5) is 4.39 Å². The highest BCUT2D eigenvalue weighted by Crippen LogP contribution is 2.11. The number of ketones is 1. The van der Waals surface area contributed by atoms with Gasteiger partial charge in [0.2, 0.25) is 0 Å². The summed E-state index contributed by atoms with van der Waals surface area (Å²) in [5, 5.41) is 0. The first-order chi connectivity index (χ1) is 9.60. The molecular weight excluding hydrogens is 253 g/mol. The third-order valence-corrected chi connectivity index (χ3v) is 3.86. The van der Waals surface area contributed by atoms with Gasteiger partial charge in [-0.25, -0.2) is 4.39 Å². The SMILES string of the molecule is CCC(CC)CN(CC)CC(=O)Cc1ccccc1F. The Balaban J connectivity index is 2.53. The average molecular weight is 279 g/mol. The van der Waals surface area contributed by atoms with E-state index in [1.807, 2.05) is 0 Å². The summed E-state index contributed by atoms with van der Waals surface area (Å²) >= 11 is 0. The first-order valence-corrected chi connectivity index (χ1v) is 7.58. The van der Waals surface area contributed by atoms with Gasteiger partial charge in [0.05, 0.1) is 6.54 Å². The van der Waals surface area contributed by atoms with Crippen LogP contribution in [0.2, 0.25) is 0 Å². The maximum atomic E-state index is 13.5. The van der Waals surface area contributed by atoms with E-state index >= 15 is 0 Å². The predicted molar refractivity (Wildman–Crippen MR) is 81.3 cm³/mol. The normalized spacial score (nSPS) is 11.3. The van der Waals surface area contributed by atoms with Crippen molar-refractivity contribution in [2.24, 2.45) is 5.92 Å². The quantitative estimate of drug-likeness (QED) is 0.687. The number of hydrogen-bond acceptors (Lipinski definition) is 2. The number of benzene rings is 1. The zero-order valence-electron chi connectivity index (χ0n) is 12.9. The van der Waals surface area contributed by atoms with Crippen LogP contribution in [0, 0.1) is 11.7 Å². The van der Waals surface area contributed by atoms with Crippen LogP contribution in [-0.4, -0.2) is 30.3 Å². The van der Waals surface area contributed by atoms with Crippen LogP contribution in [0.15, 0.2) is 24.3 Å². The highest BCUT2D eigenvalue weighted by Gasteiger charge is 2.14. The summed E-state index contributed by atoms with van der Waals surface area (Å²) < 4.78 is 13.5. The second-order valence-corrected chi connectivity index (χ2v) is 5.32. The van der Waals surface area contributed by atoms with Gasteiger partial charge >= 0.3 is 0 Å². The van der Waals surface area contributed by atoms with E-state index in [0.717, 1.165) is 25.9 Å². The summed E-state index contributed by atoms with van der Waals surface area (Å²) in [6.45, 7) is 8.67. The number of carbonyl (C=O) groups excluding carboxylic acids is 1. The summed E-state index contributed by atoms with van der Waals surface area (Å²) in [6.07, 6.45) is 2.45. The Morgan fingerprint density at radius 2 is 1.85 bits per heavy atom. The fraction of sp³-hybridized carbons (Fsp3) is 0.588. The van der Waals surface area contributed by atoms with Crippen molar-refractivity contribution < 1.29 is 9.18 Å². The number of carbonyl (C=O) groups is 1. The van der Waals surface area contributed by atoms with Gasteiger partial charge in [-0.2, -0.15) is 0 Å². The summed E-state index contributed by atoms with van der Waals surface area (Å²) in [6, 6.07) is 6.51. The molecule has 0 bridgehead atoms. The van der Waals surface area contributed by atoms with E-state index in [4.69, 9.17) is 0 Å². The lowest BCUT2D eigenvalue weighted by Crippen LogP contribution is -2.34. The molecule has 0 heterocycles. The van der Waals surface area contributed by atoms with Crippen LogP contribution < -0.4 is 0 Å². The first-order valence-electron chi connectivity index (χ1n) is 7.58. The summed E-state index contributed by atoms with van der Waals surface area (Å²) in [7, 11) is 0. The molecule has 3 heteroatoms. The minimum absolute atomic E-state index is 0.0860. The van der Waals surface area contributed by atoms with E-state index < -0.39 is 0 Å². The second-order valence-electron chi connectivity index (χ2n) is 5.32. The van der Waals surface area contributed by atoms with Crippen LogP contribution in [-0.2, 0) is 11.2 Å². The highest BCUT2D eigenvalue weighted by molar-refractivity contribution is 5.82. The topological polar surface area (TPSA) is 20.3 Å². The van der Waals surface area contributed by atoms with E-state index in [1.54, 1.807) is 18.2 Å². The fourth-order valence-electron chi connectivity index (χ4n) is 2.38. The number of nitrogens with zero attached hydrogens (tertiary/aromatic N) is 1. The monoisotopic (exact) mass is 279 g/mol. The van der Waals surface area contributed by atoms with E-state index in [-0.39, 0.29) is 18.0 Å². The minimum atomic E-state index is -0.288. The zero-order valence-corrected chi connectivity index (χ0v) is 12.9. The Labute approximate surface area is 122 Å². The number of Topliss-reactive ketones (excluding diaryl/α,β-unsaturated/α-hetero) is 1. The number of rotatable bonds is 9. The maximum absolute atomic E-state index is 13.5. The Morgan fingerprint density at radius 3 is 2.40 bits per heavy atom. The molecule has 0 unspecified atom stereocenters. The Morgan fingerprint density at radius 1 is 1.20 bits per heavy atom. The summed E-state index contributed by atoms with van der Waals surface area (Å²) in [5.74, 6) is 0.433. The first kappa shape index (κ1) is 16.8. The van der Waals surface area contributed by atoms with Crippen LogP contribution in [0.25, 0.3) is 0 Å². The molecule has 20 heavy (non-hydrogen) atoms. The van der Waals surface area contributed by atoms with Crippen molar-refractivity contribution in [3.05, 3.63) is 35.6 Å². The fourth-order valence-corrected chi connectivity index (χ4v) is 2.38. The van der Waals surface area contributed by atoms with Gasteiger partial charge in [-0.15, -0.1) is 0 Å². The second kappa shape index (κ2) is 8.85. The Kier molecular flexibility index (Phi) is 7.45. The molecule has 0 saturated carbocycles. The molecule has 1 aromatic rings. The smallest absolute Gasteiger partial charge is 0.151 e. The van der Waals surface area contributed by atoms with Crippen molar-refractivity contribution in [2.45, 2.75) is 40.0 Å². The van der Waals surface area contributed by atoms with Crippen LogP contribution in [0.5, 0.6) is 0 Å². The molecular formula is C17H26FNO. The van der Waals surface area contributed by atoms with E-state index in [9.17, 15) is 9.18 Å². The molecule has 0 aliphatic heterocycles. The molecule has 0 N–H and O–H groups in total. The van der Waals surface area contributed by atoms with E-state index in [0.29, 0.717) is 18.0 Å². The van der Waals surface area contributed by atoms with Gasteiger partial charge in [0.25, 0.3) is 0 Å². The van der Waals surface area contributed by atoms with Gasteiger partial charge in [-0.05, 0) is 24.1 Å². The number of halogens is 1. The lowest BCUT2D eigenvalue weighted by atomic mass is 10.0. The van der Waals surface area contributed by atoms with Crippen LogP contribution in [0.3, 0.4) is 0 Å². The molecule has 1 aromatic carbocycles. The van der Waals surface area contributed by atoms with Crippen molar-refractivity contribution in [2.75, 3.05) is 19.6 Å². The van der Waals surface area contributed by atoms with Crippen molar-refractivity contribution in [1.82, 2.24) is 4.90 Å². The Hall–Kier alpha value is -1.22. The summed E-state index contributed by atoms with van der Waals surface area (Å²) in [5.41, 5.74) is 0.496. The minimum Gasteiger partial charge on any atom is -0.298 e. The van der Waals surface area contributed by atoms with Crippen molar-refractivity contribution >= 4 is 5.78 Å². The maximum Gasteiger partial charge on any atom is 0.151 e. The average Bonchev–Trinajstić information content (AvgIpc) is 2.45. The highest BCUT2D eigenvalue weighted by atomic mass is 19.1. The molecule has 0 spiro atoms. The largest absolute Gasteiger partial charge is 0.298 e. The van der Waals surface area contributed by atoms with Crippen molar-refractivity contribution in [3.8, 4) is 0 Å². The molecule has 112 valence electrons. The third-order valence-electron chi connectivity index (χ3n) is 3.86. The molecule has 1 rings (SSSR count). The lowest BCUT2D eigenvalue weighted by Gasteiger charge is -2.24. The van der Waals surface area contributed by atoms with Gasteiger partial charge in [0.1, 0.15) is 5.82 Å². The van der Waals surface area contributed by atoms with E-state index in [1.165, 1.54) is 6.07 Å². The summed E-state index contributed by atoms with van der Waals surface area (Å²) in [4.78, 5) is 14.3. The van der Waals surface area contributed by atoms with Crippen molar-refractivity contribution in [3.63, 3.8) is 0 Å². The van der Waals surface area contributed by atoms with Gasteiger partial charge < -0.3 is 0 Å². The predicted octanol–water partition coefficient (Wildman–Crippen LogP) is 3.70. The van der Waals surface area contributed by atoms with Gasteiger partial charge in [-0.1, -0.05) is 51.8 Å². The molecule has 0 aliphatic carbocycles. The molecule has 0 aromatic heterocycles. The molecule has 2 nitrogen and oxygen atoms in total. The van der Waals surface area contributed by atoms with E-state index in [2.05, 4.69) is 25.7 Å². The van der Waals surface area contributed by atoms with Gasteiger partial charge in [0.15, 0.2) is 5.78 Å². The van der Waals surface area contributed by atoms with Crippen LogP contribution >= 0.6 is 0 Å². The molecule has 0 radical (unpaired) electrons. The standard InChI is InChI=1S/C17H26FNO/c1-4-14(5-2)12-19(6-3)13-16(20)11-15-9-7-8-10-17(15)18/h7-10,14H,4-6,11-13H2,1-3H3. The van der Waals surface area contributed by atoms with Gasteiger partial charge in [0, 0.05) is 13.0 Å². The Bertz CT molecular complexity index is 415.